The lowest BCUT2D eigenvalue weighted by molar-refractivity contribution is 0.316. The van der Waals surface area contributed by atoms with Crippen molar-refractivity contribution in [1.29, 1.82) is 0 Å². The molecule has 0 saturated heterocycles. The van der Waals surface area contributed by atoms with E-state index in [4.69, 9.17) is 0 Å². The lowest BCUT2D eigenvalue weighted by atomic mass is 9.97. The van der Waals surface area contributed by atoms with Gasteiger partial charge in [-0.3, -0.25) is 4.90 Å². The van der Waals surface area contributed by atoms with E-state index in [0.29, 0.717) is 6.54 Å². The molecule has 0 spiro atoms. The number of rotatable bonds is 4. The monoisotopic (exact) mass is 309 g/mol. The van der Waals surface area contributed by atoms with Gasteiger partial charge in [0.25, 0.3) is 0 Å². The molecular formula is C19H20FN3. The lowest BCUT2D eigenvalue weighted by Crippen LogP contribution is -2.23. The van der Waals surface area contributed by atoms with E-state index in [1.807, 2.05) is 30.1 Å². The Morgan fingerprint density at radius 1 is 1.48 bits per heavy atom. The molecule has 0 fully saturated rings. The standard InChI is InChI=1S/C19H20FN3/c1-23(12-10-20)14-16-6-4-15(5-7-16)8-9-18-13-17-3-2-11-21-19(17)22-18/h2-4,6-7,11,13,15H,5,10,12,14H2,1H3,(H,21,22). The lowest BCUT2D eigenvalue weighted by Gasteiger charge is -2.18. The fraction of sp³-hybridized carbons (Fsp3) is 0.316. The van der Waals surface area contributed by atoms with Gasteiger partial charge in [0.2, 0.25) is 0 Å². The fourth-order valence-corrected chi connectivity index (χ4v) is 2.62. The molecule has 0 saturated carbocycles. The van der Waals surface area contributed by atoms with Crippen LogP contribution < -0.4 is 0 Å². The Kier molecular flexibility index (Phi) is 4.89. The number of aromatic amines is 1. The Labute approximate surface area is 135 Å². The molecule has 3 rings (SSSR count). The summed E-state index contributed by atoms with van der Waals surface area (Å²) in [5.74, 6) is 6.70. The highest BCUT2D eigenvalue weighted by atomic mass is 19.1. The van der Waals surface area contributed by atoms with Gasteiger partial charge in [-0.05, 0) is 43.2 Å². The molecule has 1 unspecified atom stereocenters. The van der Waals surface area contributed by atoms with E-state index < -0.39 is 0 Å². The summed E-state index contributed by atoms with van der Waals surface area (Å²) in [4.78, 5) is 9.47. The van der Waals surface area contributed by atoms with E-state index in [9.17, 15) is 4.39 Å². The number of nitrogens with zero attached hydrogens (tertiary/aromatic N) is 2. The van der Waals surface area contributed by atoms with Gasteiger partial charge in [-0.1, -0.05) is 24.1 Å². The van der Waals surface area contributed by atoms with E-state index in [1.165, 1.54) is 5.57 Å². The van der Waals surface area contributed by atoms with Crippen molar-refractivity contribution in [3.8, 4) is 11.8 Å². The molecule has 2 aromatic rings. The summed E-state index contributed by atoms with van der Waals surface area (Å²) in [6.45, 7) is 0.956. The van der Waals surface area contributed by atoms with Crippen molar-refractivity contribution in [2.45, 2.75) is 6.42 Å². The van der Waals surface area contributed by atoms with Gasteiger partial charge < -0.3 is 4.98 Å². The Bertz CT molecular complexity index is 759. The smallest absolute Gasteiger partial charge is 0.138 e. The summed E-state index contributed by atoms with van der Waals surface area (Å²) < 4.78 is 12.3. The Hall–Kier alpha value is -2.38. The number of hydrogen-bond acceptors (Lipinski definition) is 2. The van der Waals surface area contributed by atoms with Crippen LogP contribution in [0.25, 0.3) is 11.0 Å². The van der Waals surface area contributed by atoms with E-state index in [-0.39, 0.29) is 12.6 Å². The minimum absolute atomic E-state index is 0.226. The van der Waals surface area contributed by atoms with Gasteiger partial charge in [-0.25, -0.2) is 9.37 Å². The molecule has 4 heteroatoms. The van der Waals surface area contributed by atoms with Gasteiger partial charge in [0.15, 0.2) is 0 Å². The molecule has 1 N–H and O–H groups in total. The van der Waals surface area contributed by atoms with Gasteiger partial charge in [0, 0.05) is 30.6 Å². The summed E-state index contributed by atoms with van der Waals surface area (Å²) in [7, 11) is 1.93. The van der Waals surface area contributed by atoms with Crippen molar-refractivity contribution in [3.05, 3.63) is 53.9 Å². The van der Waals surface area contributed by atoms with Crippen LogP contribution in [0.2, 0.25) is 0 Å². The normalized spacial score (nSPS) is 17.2. The van der Waals surface area contributed by atoms with Crippen LogP contribution in [0.3, 0.4) is 0 Å². The zero-order valence-electron chi connectivity index (χ0n) is 13.2. The molecule has 118 valence electrons. The topological polar surface area (TPSA) is 31.9 Å². The van der Waals surface area contributed by atoms with Crippen LogP contribution in [0.15, 0.2) is 48.2 Å². The third-order valence-corrected chi connectivity index (χ3v) is 3.88. The number of nitrogens with one attached hydrogen (secondary N) is 1. The molecule has 2 aromatic heterocycles. The van der Waals surface area contributed by atoms with Crippen LogP contribution in [0.1, 0.15) is 12.1 Å². The van der Waals surface area contributed by atoms with Gasteiger partial charge in [0.1, 0.15) is 12.3 Å². The Morgan fingerprint density at radius 3 is 3.13 bits per heavy atom. The van der Waals surface area contributed by atoms with Crippen molar-refractivity contribution >= 4 is 11.0 Å². The molecule has 3 nitrogen and oxygen atoms in total. The van der Waals surface area contributed by atoms with Crippen molar-refractivity contribution in [3.63, 3.8) is 0 Å². The minimum Gasteiger partial charge on any atom is -0.333 e. The van der Waals surface area contributed by atoms with E-state index in [2.05, 4.69) is 40.0 Å². The predicted octanol–water partition coefficient (Wildman–Crippen LogP) is 3.32. The second-order valence-electron chi connectivity index (χ2n) is 5.80. The van der Waals surface area contributed by atoms with Gasteiger partial charge in [0.05, 0.1) is 5.69 Å². The molecule has 1 aliphatic rings. The highest BCUT2D eigenvalue weighted by Gasteiger charge is 2.08. The molecule has 0 aromatic carbocycles. The van der Waals surface area contributed by atoms with Crippen LogP contribution in [-0.4, -0.2) is 41.7 Å². The quantitative estimate of drug-likeness (QED) is 0.879. The zero-order chi connectivity index (χ0) is 16.1. The number of likely N-dealkylation sites (N-methyl/N-ethyl adjacent to an activating group) is 1. The molecule has 2 heterocycles. The molecule has 0 radical (unpaired) electrons. The maximum absolute atomic E-state index is 12.3. The number of pyridine rings is 1. The Morgan fingerprint density at radius 2 is 2.39 bits per heavy atom. The van der Waals surface area contributed by atoms with Crippen LogP contribution in [0.4, 0.5) is 4.39 Å². The fourth-order valence-electron chi connectivity index (χ4n) is 2.62. The molecular weight excluding hydrogens is 289 g/mol. The molecule has 0 amide bonds. The summed E-state index contributed by atoms with van der Waals surface area (Å²) in [6.07, 6.45) is 9.10. The summed E-state index contributed by atoms with van der Waals surface area (Å²) in [5, 5.41) is 1.08. The van der Waals surface area contributed by atoms with Gasteiger partial charge in [-0.15, -0.1) is 0 Å². The van der Waals surface area contributed by atoms with E-state index >= 15 is 0 Å². The highest BCUT2D eigenvalue weighted by Crippen LogP contribution is 2.17. The first-order valence-corrected chi connectivity index (χ1v) is 7.81. The van der Waals surface area contributed by atoms with E-state index in [1.54, 1.807) is 6.20 Å². The number of allylic oxidation sites excluding steroid dienone is 2. The molecule has 0 bridgehead atoms. The summed E-state index contributed by atoms with van der Waals surface area (Å²) >= 11 is 0. The first kappa shape index (κ1) is 15.5. The largest absolute Gasteiger partial charge is 0.333 e. The van der Waals surface area contributed by atoms with Crippen molar-refractivity contribution < 1.29 is 4.39 Å². The highest BCUT2D eigenvalue weighted by molar-refractivity contribution is 5.77. The number of alkyl halides is 1. The predicted molar refractivity (Wildman–Crippen MR) is 91.8 cm³/mol. The molecule has 1 aliphatic carbocycles. The number of aromatic nitrogens is 2. The summed E-state index contributed by atoms with van der Waals surface area (Å²) in [5.41, 5.74) is 2.99. The second kappa shape index (κ2) is 7.26. The first-order chi connectivity index (χ1) is 11.2. The van der Waals surface area contributed by atoms with Crippen LogP contribution in [-0.2, 0) is 0 Å². The van der Waals surface area contributed by atoms with Crippen LogP contribution in [0, 0.1) is 17.8 Å². The zero-order valence-corrected chi connectivity index (χ0v) is 13.2. The number of H-pyrrole nitrogens is 1. The van der Waals surface area contributed by atoms with Crippen molar-refractivity contribution in [2.75, 3.05) is 26.8 Å². The third-order valence-electron chi connectivity index (χ3n) is 3.88. The van der Waals surface area contributed by atoms with Crippen LogP contribution >= 0.6 is 0 Å². The number of fused-ring (bicyclic) bond motifs is 1. The van der Waals surface area contributed by atoms with Crippen LogP contribution in [0.5, 0.6) is 0 Å². The molecule has 0 aliphatic heterocycles. The van der Waals surface area contributed by atoms with E-state index in [0.717, 1.165) is 29.7 Å². The summed E-state index contributed by atoms with van der Waals surface area (Å²) in [6, 6.07) is 5.96. The molecule has 1 atom stereocenters. The minimum atomic E-state index is -0.305. The Balaban J connectivity index is 1.61. The average Bonchev–Trinajstić information content (AvgIpc) is 2.97. The second-order valence-corrected chi connectivity index (χ2v) is 5.80. The first-order valence-electron chi connectivity index (χ1n) is 7.81. The average molecular weight is 309 g/mol. The maximum atomic E-state index is 12.3. The van der Waals surface area contributed by atoms with Crippen molar-refractivity contribution in [1.82, 2.24) is 14.9 Å². The maximum Gasteiger partial charge on any atom is 0.138 e. The van der Waals surface area contributed by atoms with Crippen molar-refractivity contribution in [2.24, 2.45) is 5.92 Å². The van der Waals surface area contributed by atoms with Gasteiger partial charge >= 0.3 is 0 Å². The third kappa shape index (κ3) is 4.08. The molecule has 23 heavy (non-hydrogen) atoms. The van der Waals surface area contributed by atoms with Gasteiger partial charge in [-0.2, -0.15) is 0 Å². The SMILES string of the molecule is CN(CCF)CC1=CCC(C#Cc2cc3cccnc3[nH]2)C=C1. The number of halogens is 1. The number of hydrogen-bond donors (Lipinski definition) is 1.